The van der Waals surface area contributed by atoms with Gasteiger partial charge in [-0.15, -0.1) is 0 Å². The Morgan fingerprint density at radius 3 is 2.50 bits per heavy atom. The Labute approximate surface area is 151 Å². The van der Waals surface area contributed by atoms with Crippen LogP contribution in [0.4, 0.5) is 5.69 Å². The monoisotopic (exact) mass is 342 g/mol. The number of hydrogen-bond acceptors (Lipinski definition) is 3. The van der Waals surface area contributed by atoms with Gasteiger partial charge < -0.3 is 9.73 Å². The Kier molecular flexibility index (Phi) is 4.01. The van der Waals surface area contributed by atoms with Crippen molar-refractivity contribution in [3.8, 4) is 11.5 Å². The fraction of sp³-hybridized carbons (Fsp3) is 0.0909. The maximum Gasteiger partial charge on any atom is 0.255 e. The quantitative estimate of drug-likeness (QED) is 0.545. The lowest BCUT2D eigenvalue weighted by Gasteiger charge is -2.05. The van der Waals surface area contributed by atoms with E-state index in [-0.39, 0.29) is 5.91 Å². The summed E-state index contributed by atoms with van der Waals surface area (Å²) in [6.07, 6.45) is 0. The number of aryl methyl sites for hydroxylation is 2. The number of anilines is 1. The molecule has 0 aliphatic heterocycles. The Morgan fingerprint density at radius 2 is 1.73 bits per heavy atom. The molecule has 1 aromatic heterocycles. The summed E-state index contributed by atoms with van der Waals surface area (Å²) >= 11 is 0. The van der Waals surface area contributed by atoms with Crippen molar-refractivity contribution in [2.24, 2.45) is 0 Å². The van der Waals surface area contributed by atoms with Crippen LogP contribution in [-0.4, -0.2) is 10.9 Å². The number of carbonyl (C=O) groups is 1. The van der Waals surface area contributed by atoms with Gasteiger partial charge >= 0.3 is 0 Å². The van der Waals surface area contributed by atoms with E-state index in [2.05, 4.69) is 10.3 Å². The van der Waals surface area contributed by atoms with Crippen molar-refractivity contribution in [3.63, 3.8) is 0 Å². The number of aromatic nitrogens is 1. The van der Waals surface area contributed by atoms with Crippen molar-refractivity contribution in [3.05, 3.63) is 83.4 Å². The third kappa shape index (κ3) is 3.22. The molecule has 0 spiro atoms. The molecule has 0 unspecified atom stereocenters. The van der Waals surface area contributed by atoms with Gasteiger partial charge in [-0.05, 0) is 50.2 Å². The van der Waals surface area contributed by atoms with E-state index in [0.29, 0.717) is 22.7 Å². The summed E-state index contributed by atoms with van der Waals surface area (Å²) in [5.41, 5.74) is 5.90. The van der Waals surface area contributed by atoms with Crippen LogP contribution in [0, 0.1) is 13.8 Å². The highest BCUT2D eigenvalue weighted by molar-refractivity contribution is 6.04. The van der Waals surface area contributed by atoms with Crippen LogP contribution in [0.2, 0.25) is 0 Å². The number of nitrogens with zero attached hydrogens (tertiary/aromatic N) is 1. The molecule has 0 bridgehead atoms. The first-order valence-corrected chi connectivity index (χ1v) is 8.44. The third-order valence-electron chi connectivity index (χ3n) is 4.23. The smallest absolute Gasteiger partial charge is 0.255 e. The van der Waals surface area contributed by atoms with Gasteiger partial charge in [0.1, 0.15) is 5.52 Å². The molecule has 128 valence electrons. The number of benzene rings is 3. The second kappa shape index (κ2) is 6.48. The maximum atomic E-state index is 12.4. The summed E-state index contributed by atoms with van der Waals surface area (Å²) < 4.78 is 5.89. The molecule has 1 heterocycles. The first kappa shape index (κ1) is 16.1. The SMILES string of the molecule is Cc1ccc(C(=O)Nc2ccc3nc(-c4cccc(C)c4)oc3c2)cc1. The predicted octanol–water partition coefficient (Wildman–Crippen LogP) is 5.36. The summed E-state index contributed by atoms with van der Waals surface area (Å²) in [5, 5.41) is 2.90. The molecule has 4 rings (SSSR count). The third-order valence-corrected chi connectivity index (χ3v) is 4.23. The van der Waals surface area contributed by atoms with Crippen molar-refractivity contribution in [2.75, 3.05) is 5.32 Å². The molecule has 0 saturated carbocycles. The molecule has 4 heteroatoms. The molecular weight excluding hydrogens is 324 g/mol. The fourth-order valence-corrected chi connectivity index (χ4v) is 2.81. The minimum atomic E-state index is -0.150. The van der Waals surface area contributed by atoms with Crippen LogP contribution in [0.15, 0.2) is 71.1 Å². The summed E-state index contributed by atoms with van der Waals surface area (Å²) in [7, 11) is 0. The molecule has 1 N–H and O–H groups in total. The number of amides is 1. The molecule has 4 nitrogen and oxygen atoms in total. The Morgan fingerprint density at radius 1 is 0.923 bits per heavy atom. The van der Waals surface area contributed by atoms with E-state index in [4.69, 9.17) is 4.42 Å². The van der Waals surface area contributed by atoms with Crippen molar-refractivity contribution in [1.29, 1.82) is 0 Å². The molecule has 0 atom stereocenters. The standard InChI is InChI=1S/C22H18N2O2/c1-14-6-8-16(9-7-14)21(25)23-18-10-11-19-20(13-18)26-22(24-19)17-5-3-4-15(2)12-17/h3-13H,1-2H3,(H,23,25). The number of rotatable bonds is 3. The number of fused-ring (bicyclic) bond motifs is 1. The van der Waals surface area contributed by atoms with Gasteiger partial charge in [-0.2, -0.15) is 0 Å². The average Bonchev–Trinajstić information content (AvgIpc) is 3.05. The van der Waals surface area contributed by atoms with Gasteiger partial charge in [-0.25, -0.2) is 4.98 Å². The lowest BCUT2D eigenvalue weighted by Crippen LogP contribution is -2.11. The Hall–Kier alpha value is -3.40. The summed E-state index contributed by atoms with van der Waals surface area (Å²) in [6.45, 7) is 4.02. The zero-order valence-corrected chi connectivity index (χ0v) is 14.6. The Balaban J connectivity index is 1.61. The summed E-state index contributed by atoms with van der Waals surface area (Å²) in [4.78, 5) is 16.9. The minimum absolute atomic E-state index is 0.150. The van der Waals surface area contributed by atoms with Crippen LogP contribution in [0.25, 0.3) is 22.6 Å². The van der Waals surface area contributed by atoms with Gasteiger partial charge in [-0.1, -0.05) is 35.4 Å². The van der Waals surface area contributed by atoms with Gasteiger partial charge in [0.2, 0.25) is 5.89 Å². The van der Waals surface area contributed by atoms with Crippen molar-refractivity contribution in [2.45, 2.75) is 13.8 Å². The second-order valence-electron chi connectivity index (χ2n) is 6.39. The highest BCUT2D eigenvalue weighted by atomic mass is 16.3. The van der Waals surface area contributed by atoms with Crippen LogP contribution < -0.4 is 5.32 Å². The zero-order chi connectivity index (χ0) is 18.1. The van der Waals surface area contributed by atoms with E-state index >= 15 is 0 Å². The normalized spacial score (nSPS) is 10.8. The van der Waals surface area contributed by atoms with E-state index in [9.17, 15) is 4.79 Å². The number of hydrogen-bond donors (Lipinski definition) is 1. The van der Waals surface area contributed by atoms with Crippen molar-refractivity contribution in [1.82, 2.24) is 4.98 Å². The molecule has 0 radical (unpaired) electrons. The van der Waals surface area contributed by atoms with Crippen LogP contribution in [0.1, 0.15) is 21.5 Å². The van der Waals surface area contributed by atoms with Gasteiger partial charge in [0.05, 0.1) is 0 Å². The van der Waals surface area contributed by atoms with E-state index in [0.717, 1.165) is 22.2 Å². The summed E-state index contributed by atoms with van der Waals surface area (Å²) in [5.74, 6) is 0.425. The topological polar surface area (TPSA) is 55.1 Å². The van der Waals surface area contributed by atoms with Gasteiger partial charge in [-0.3, -0.25) is 4.79 Å². The van der Waals surface area contributed by atoms with Gasteiger partial charge in [0, 0.05) is 22.9 Å². The molecule has 0 aliphatic carbocycles. The molecule has 3 aromatic carbocycles. The minimum Gasteiger partial charge on any atom is -0.436 e. The van der Waals surface area contributed by atoms with E-state index < -0.39 is 0 Å². The van der Waals surface area contributed by atoms with Gasteiger partial charge in [0.25, 0.3) is 5.91 Å². The highest BCUT2D eigenvalue weighted by Crippen LogP contribution is 2.27. The average molecular weight is 342 g/mol. The second-order valence-corrected chi connectivity index (χ2v) is 6.39. The first-order valence-electron chi connectivity index (χ1n) is 8.44. The van der Waals surface area contributed by atoms with Crippen LogP contribution in [-0.2, 0) is 0 Å². The summed E-state index contributed by atoms with van der Waals surface area (Å²) in [6, 6.07) is 21.0. The van der Waals surface area contributed by atoms with Crippen molar-refractivity contribution >= 4 is 22.7 Å². The van der Waals surface area contributed by atoms with Crippen LogP contribution in [0.5, 0.6) is 0 Å². The number of oxazole rings is 1. The van der Waals surface area contributed by atoms with Crippen molar-refractivity contribution < 1.29 is 9.21 Å². The molecule has 0 aliphatic rings. The largest absolute Gasteiger partial charge is 0.436 e. The predicted molar refractivity (Wildman–Crippen MR) is 103 cm³/mol. The zero-order valence-electron chi connectivity index (χ0n) is 14.6. The highest BCUT2D eigenvalue weighted by Gasteiger charge is 2.11. The van der Waals surface area contributed by atoms with Crippen LogP contribution in [0.3, 0.4) is 0 Å². The number of nitrogens with one attached hydrogen (secondary N) is 1. The lowest BCUT2D eigenvalue weighted by atomic mass is 10.1. The maximum absolute atomic E-state index is 12.4. The van der Waals surface area contributed by atoms with E-state index in [1.165, 1.54) is 0 Å². The first-order chi connectivity index (χ1) is 12.6. The van der Waals surface area contributed by atoms with Crippen LogP contribution >= 0.6 is 0 Å². The van der Waals surface area contributed by atoms with E-state index in [1.807, 2.05) is 74.5 Å². The Bertz CT molecular complexity index is 1090. The number of carbonyl (C=O) groups excluding carboxylic acids is 1. The molecule has 1 amide bonds. The molecular formula is C22H18N2O2. The molecule has 4 aromatic rings. The fourth-order valence-electron chi connectivity index (χ4n) is 2.81. The molecule has 0 saturated heterocycles. The molecule has 26 heavy (non-hydrogen) atoms. The van der Waals surface area contributed by atoms with Gasteiger partial charge in [0.15, 0.2) is 5.58 Å². The van der Waals surface area contributed by atoms with E-state index in [1.54, 1.807) is 6.07 Å². The lowest BCUT2D eigenvalue weighted by molar-refractivity contribution is 0.102. The molecule has 0 fully saturated rings.